The summed E-state index contributed by atoms with van der Waals surface area (Å²) < 4.78 is 16.0. The van der Waals surface area contributed by atoms with Crippen molar-refractivity contribution in [2.45, 2.75) is 32.9 Å². The van der Waals surface area contributed by atoms with Crippen molar-refractivity contribution in [2.75, 3.05) is 18.0 Å². The number of nitrogens with one attached hydrogen (secondary N) is 1. The van der Waals surface area contributed by atoms with Crippen LogP contribution in [0, 0.1) is 24.6 Å². The summed E-state index contributed by atoms with van der Waals surface area (Å²) in [5.41, 5.74) is 3.67. The molecule has 7 nitrogen and oxygen atoms in total. The average molecular weight is 415 g/mol. The van der Waals surface area contributed by atoms with Gasteiger partial charge in [0, 0.05) is 61.7 Å². The molecule has 0 bridgehead atoms. The Morgan fingerprint density at radius 2 is 1.77 bits per heavy atom. The number of hydrogen-bond donors (Lipinski definition) is 1. The summed E-state index contributed by atoms with van der Waals surface area (Å²) in [6.45, 7) is 7.84. The van der Waals surface area contributed by atoms with Crippen LogP contribution in [0.25, 0.3) is 16.7 Å². The van der Waals surface area contributed by atoms with Gasteiger partial charge in [-0.1, -0.05) is 11.8 Å². The van der Waals surface area contributed by atoms with E-state index in [4.69, 9.17) is 0 Å². The molecule has 1 saturated heterocycles. The van der Waals surface area contributed by atoms with Crippen LogP contribution in [-0.2, 0) is 0 Å². The highest BCUT2D eigenvalue weighted by Crippen LogP contribution is 2.25. The van der Waals surface area contributed by atoms with Gasteiger partial charge < -0.3 is 14.6 Å². The van der Waals surface area contributed by atoms with Gasteiger partial charge in [-0.15, -0.1) is 0 Å². The minimum Gasteiger partial charge on any atom is -0.352 e. The molecule has 1 fully saturated rings. The van der Waals surface area contributed by atoms with Crippen LogP contribution in [0.15, 0.2) is 37.1 Å². The molecule has 0 saturated carbocycles. The van der Waals surface area contributed by atoms with Gasteiger partial charge >= 0.3 is 0 Å². The third-order valence-corrected chi connectivity index (χ3v) is 5.31. The van der Waals surface area contributed by atoms with E-state index in [1.54, 1.807) is 35.4 Å². The van der Waals surface area contributed by atoms with Crippen molar-refractivity contribution < 1.29 is 4.39 Å². The Kier molecular flexibility index (Phi) is 4.75. The molecule has 8 heteroatoms. The molecule has 1 aliphatic heterocycles. The van der Waals surface area contributed by atoms with Gasteiger partial charge in [0.05, 0.1) is 11.3 Å². The number of piperazine rings is 1. The summed E-state index contributed by atoms with van der Waals surface area (Å²) in [5, 5.41) is 3.53. The smallest absolute Gasteiger partial charge is 0.173 e. The zero-order valence-corrected chi connectivity index (χ0v) is 17.6. The predicted octanol–water partition coefficient (Wildman–Crippen LogP) is 2.71. The van der Waals surface area contributed by atoms with Crippen molar-refractivity contribution >= 4 is 22.5 Å². The van der Waals surface area contributed by atoms with E-state index in [0.29, 0.717) is 34.4 Å². The fourth-order valence-electron chi connectivity index (χ4n) is 4.16. The highest BCUT2D eigenvalue weighted by molar-refractivity contribution is 5.89. The van der Waals surface area contributed by atoms with E-state index in [0.717, 1.165) is 30.1 Å². The maximum Gasteiger partial charge on any atom is 0.173 e. The lowest BCUT2D eigenvalue weighted by Gasteiger charge is -2.37. The van der Waals surface area contributed by atoms with E-state index in [2.05, 4.69) is 55.8 Å². The standard InChI is InChI=1S/C23H22FN7/c1-14-10-30(11-15(2)28-14)23-21-20(25-6-7-26-21)18(9-27-23)5-4-17-8-19(24)22-29-16(3)12-31(22)13-17/h6-9,12-15,28H,10-11H2,1-3H3/t14-,15-/m0/s1. The molecule has 0 amide bonds. The molecule has 0 aliphatic carbocycles. The first-order chi connectivity index (χ1) is 15.0. The monoisotopic (exact) mass is 415 g/mol. The second kappa shape index (κ2) is 7.60. The van der Waals surface area contributed by atoms with Gasteiger partial charge in [0.2, 0.25) is 0 Å². The molecule has 0 aromatic carbocycles. The van der Waals surface area contributed by atoms with Gasteiger partial charge in [-0.25, -0.2) is 19.3 Å². The number of rotatable bonds is 1. The maximum absolute atomic E-state index is 14.4. The minimum atomic E-state index is -0.403. The highest BCUT2D eigenvalue weighted by atomic mass is 19.1. The topological polar surface area (TPSA) is 71.2 Å². The van der Waals surface area contributed by atoms with Crippen LogP contribution < -0.4 is 10.2 Å². The van der Waals surface area contributed by atoms with E-state index < -0.39 is 5.82 Å². The van der Waals surface area contributed by atoms with Gasteiger partial charge in [0.1, 0.15) is 11.0 Å². The van der Waals surface area contributed by atoms with Crippen molar-refractivity contribution in [2.24, 2.45) is 0 Å². The zero-order chi connectivity index (χ0) is 21.5. The molecule has 4 aromatic heterocycles. The molecule has 0 radical (unpaired) electrons. The van der Waals surface area contributed by atoms with Crippen molar-refractivity contribution in [1.29, 1.82) is 0 Å². The third kappa shape index (κ3) is 3.68. The number of anilines is 1. The van der Waals surface area contributed by atoms with Crippen LogP contribution >= 0.6 is 0 Å². The number of aryl methyl sites for hydroxylation is 1. The first-order valence-electron chi connectivity index (χ1n) is 10.3. The third-order valence-electron chi connectivity index (χ3n) is 5.31. The van der Waals surface area contributed by atoms with Crippen molar-refractivity contribution in [3.63, 3.8) is 0 Å². The number of pyridine rings is 2. The fraction of sp³-hybridized carbons (Fsp3) is 0.304. The van der Waals surface area contributed by atoms with E-state index in [1.807, 2.05) is 6.92 Å². The number of imidazole rings is 1. The minimum absolute atomic E-state index is 0.296. The number of fused-ring (bicyclic) bond motifs is 2. The predicted molar refractivity (Wildman–Crippen MR) is 117 cm³/mol. The number of halogens is 1. The molecule has 1 N–H and O–H groups in total. The summed E-state index contributed by atoms with van der Waals surface area (Å²) in [7, 11) is 0. The average Bonchev–Trinajstić information content (AvgIpc) is 3.12. The van der Waals surface area contributed by atoms with Crippen LogP contribution in [0.5, 0.6) is 0 Å². The summed E-state index contributed by atoms with van der Waals surface area (Å²) in [6.07, 6.45) is 8.60. The van der Waals surface area contributed by atoms with Gasteiger partial charge in [-0.3, -0.25) is 4.98 Å². The van der Waals surface area contributed by atoms with Crippen LogP contribution in [-0.4, -0.2) is 49.5 Å². The first-order valence-corrected chi connectivity index (χ1v) is 10.3. The van der Waals surface area contributed by atoms with Gasteiger partial charge in [0.25, 0.3) is 0 Å². The molecule has 1 aliphatic rings. The molecule has 5 heterocycles. The Labute approximate surface area is 179 Å². The van der Waals surface area contributed by atoms with E-state index >= 15 is 0 Å². The Morgan fingerprint density at radius 1 is 1.03 bits per heavy atom. The molecular formula is C23H22FN7. The van der Waals surface area contributed by atoms with Gasteiger partial charge in [0.15, 0.2) is 17.3 Å². The SMILES string of the molecule is Cc1cn2cc(C#Cc3cnc(N4C[C@H](C)N[C@@H](C)C4)c4nccnc34)cc(F)c2n1. The second-order valence-corrected chi connectivity index (χ2v) is 8.06. The largest absolute Gasteiger partial charge is 0.352 e. The lowest BCUT2D eigenvalue weighted by atomic mass is 10.1. The summed E-state index contributed by atoms with van der Waals surface area (Å²) in [5.74, 6) is 6.55. The Morgan fingerprint density at radius 3 is 2.55 bits per heavy atom. The summed E-state index contributed by atoms with van der Waals surface area (Å²) >= 11 is 0. The molecule has 2 atom stereocenters. The number of nitrogens with zero attached hydrogens (tertiary/aromatic N) is 6. The van der Waals surface area contributed by atoms with Crippen molar-refractivity contribution in [3.05, 3.63) is 59.7 Å². The van der Waals surface area contributed by atoms with Crippen molar-refractivity contribution in [1.82, 2.24) is 29.7 Å². The number of aromatic nitrogens is 5. The molecule has 5 rings (SSSR count). The molecular weight excluding hydrogens is 393 g/mol. The second-order valence-electron chi connectivity index (χ2n) is 8.06. The Bertz CT molecular complexity index is 1340. The van der Waals surface area contributed by atoms with Gasteiger partial charge in [-0.05, 0) is 26.8 Å². The van der Waals surface area contributed by atoms with Gasteiger partial charge in [-0.2, -0.15) is 0 Å². The van der Waals surface area contributed by atoms with Crippen LogP contribution in [0.1, 0.15) is 30.7 Å². The fourth-order valence-corrected chi connectivity index (χ4v) is 4.16. The lowest BCUT2D eigenvalue weighted by Crippen LogP contribution is -2.54. The van der Waals surface area contributed by atoms with E-state index in [-0.39, 0.29) is 0 Å². The van der Waals surface area contributed by atoms with Crippen molar-refractivity contribution in [3.8, 4) is 11.8 Å². The first kappa shape index (κ1) is 19.4. The molecule has 0 spiro atoms. The van der Waals surface area contributed by atoms with E-state index in [1.165, 1.54) is 6.07 Å². The molecule has 4 aromatic rings. The highest BCUT2D eigenvalue weighted by Gasteiger charge is 2.24. The maximum atomic E-state index is 14.4. The quantitative estimate of drug-likeness (QED) is 0.482. The van der Waals surface area contributed by atoms with Crippen LogP contribution in [0.4, 0.5) is 10.2 Å². The van der Waals surface area contributed by atoms with Crippen LogP contribution in [0.2, 0.25) is 0 Å². The molecule has 0 unspecified atom stereocenters. The molecule has 31 heavy (non-hydrogen) atoms. The number of hydrogen-bond acceptors (Lipinski definition) is 6. The van der Waals surface area contributed by atoms with E-state index in [9.17, 15) is 4.39 Å². The Balaban J connectivity index is 1.55. The normalized spacial score (nSPS) is 18.9. The zero-order valence-electron chi connectivity index (χ0n) is 17.6. The Hall–Kier alpha value is -3.57. The molecule has 156 valence electrons. The summed E-state index contributed by atoms with van der Waals surface area (Å²) in [6, 6.07) is 2.11. The lowest BCUT2D eigenvalue weighted by molar-refractivity contribution is 0.405. The summed E-state index contributed by atoms with van der Waals surface area (Å²) in [4.78, 5) is 20.2. The van der Waals surface area contributed by atoms with Crippen LogP contribution in [0.3, 0.4) is 0 Å².